The highest BCUT2D eigenvalue weighted by molar-refractivity contribution is 5.76. The van der Waals surface area contributed by atoms with Crippen molar-refractivity contribution in [2.75, 3.05) is 13.1 Å². The smallest absolute Gasteiger partial charge is 0.227 e. The molecule has 5 nitrogen and oxygen atoms in total. The second-order valence-corrected chi connectivity index (χ2v) is 7.45. The van der Waals surface area contributed by atoms with Crippen LogP contribution >= 0.6 is 0 Å². The Hall–Kier alpha value is -2.24. The number of aromatic nitrogens is 2. The van der Waals surface area contributed by atoms with Crippen LogP contribution in [0.2, 0.25) is 0 Å². The number of benzene rings is 1. The second-order valence-electron chi connectivity index (χ2n) is 7.45. The van der Waals surface area contributed by atoms with Crippen molar-refractivity contribution in [2.45, 2.75) is 44.9 Å². The van der Waals surface area contributed by atoms with Gasteiger partial charge in [-0.2, -0.15) is 4.98 Å². The van der Waals surface area contributed by atoms with Gasteiger partial charge in [-0.3, -0.25) is 4.79 Å². The molecule has 0 N–H and O–H groups in total. The number of carbonyl (C=O) groups is 1. The van der Waals surface area contributed by atoms with E-state index in [4.69, 9.17) is 4.52 Å². The minimum atomic E-state index is -0.301. The fourth-order valence-corrected chi connectivity index (χ4v) is 4.27. The van der Waals surface area contributed by atoms with E-state index in [9.17, 15) is 9.18 Å². The first kappa shape index (κ1) is 17.2. The number of piperidine rings is 1. The SMILES string of the molecule is O=C(CCc1nc(-c2ccc(F)cc2)no1)N1CC[C@H]2CCCC[C@H]2C1. The van der Waals surface area contributed by atoms with Crippen molar-refractivity contribution in [1.82, 2.24) is 15.0 Å². The first-order valence-electron chi connectivity index (χ1n) is 9.55. The third kappa shape index (κ3) is 3.79. The molecule has 6 heteroatoms. The van der Waals surface area contributed by atoms with Crippen LogP contribution in [0.1, 0.15) is 44.4 Å². The zero-order valence-electron chi connectivity index (χ0n) is 14.9. The van der Waals surface area contributed by atoms with E-state index in [-0.39, 0.29) is 11.7 Å². The van der Waals surface area contributed by atoms with E-state index in [2.05, 4.69) is 10.1 Å². The van der Waals surface area contributed by atoms with Crippen molar-refractivity contribution < 1.29 is 13.7 Å². The normalized spacial score (nSPS) is 22.9. The van der Waals surface area contributed by atoms with Crippen LogP contribution in [0.15, 0.2) is 28.8 Å². The summed E-state index contributed by atoms with van der Waals surface area (Å²) in [4.78, 5) is 18.9. The highest BCUT2D eigenvalue weighted by atomic mass is 19.1. The molecule has 1 aliphatic carbocycles. The molecule has 1 aromatic heterocycles. The van der Waals surface area contributed by atoms with Crippen molar-refractivity contribution in [3.8, 4) is 11.4 Å². The summed E-state index contributed by atoms with van der Waals surface area (Å²) >= 11 is 0. The number of hydrogen-bond donors (Lipinski definition) is 0. The number of amides is 1. The molecule has 1 aromatic carbocycles. The average Bonchev–Trinajstić information content (AvgIpc) is 3.15. The van der Waals surface area contributed by atoms with E-state index in [1.54, 1.807) is 12.1 Å². The van der Waals surface area contributed by atoms with Gasteiger partial charge >= 0.3 is 0 Å². The van der Waals surface area contributed by atoms with Crippen LogP contribution in [0.5, 0.6) is 0 Å². The number of carbonyl (C=O) groups excluding carboxylic acids is 1. The highest BCUT2D eigenvalue weighted by Gasteiger charge is 2.32. The predicted molar refractivity (Wildman–Crippen MR) is 94.7 cm³/mol. The van der Waals surface area contributed by atoms with Gasteiger partial charge in [0.25, 0.3) is 0 Å². The number of hydrogen-bond acceptors (Lipinski definition) is 4. The molecular weight excluding hydrogens is 333 g/mol. The van der Waals surface area contributed by atoms with Crippen LogP contribution in [-0.2, 0) is 11.2 Å². The van der Waals surface area contributed by atoms with E-state index in [0.29, 0.717) is 36.0 Å². The zero-order valence-corrected chi connectivity index (χ0v) is 14.9. The van der Waals surface area contributed by atoms with E-state index in [0.717, 1.165) is 25.4 Å². The molecule has 138 valence electrons. The van der Waals surface area contributed by atoms with Crippen LogP contribution in [0.3, 0.4) is 0 Å². The Morgan fingerprint density at radius 1 is 1.15 bits per heavy atom. The molecule has 1 saturated heterocycles. The maximum atomic E-state index is 13.0. The van der Waals surface area contributed by atoms with Crippen molar-refractivity contribution in [3.05, 3.63) is 36.0 Å². The Morgan fingerprint density at radius 3 is 2.73 bits per heavy atom. The molecule has 2 aromatic rings. The summed E-state index contributed by atoms with van der Waals surface area (Å²) in [6.07, 6.45) is 7.23. The molecule has 2 fully saturated rings. The van der Waals surface area contributed by atoms with Gasteiger partial charge in [0.2, 0.25) is 17.6 Å². The van der Waals surface area contributed by atoms with Gasteiger partial charge in [-0.05, 0) is 48.9 Å². The van der Waals surface area contributed by atoms with Gasteiger partial charge in [0, 0.05) is 31.5 Å². The second kappa shape index (κ2) is 7.56. The summed E-state index contributed by atoms with van der Waals surface area (Å²) in [6.45, 7) is 1.79. The lowest BCUT2D eigenvalue weighted by molar-refractivity contribution is -0.134. The molecule has 0 unspecified atom stereocenters. The number of nitrogens with zero attached hydrogens (tertiary/aromatic N) is 3. The van der Waals surface area contributed by atoms with Gasteiger partial charge in [0.05, 0.1) is 0 Å². The lowest BCUT2D eigenvalue weighted by atomic mass is 9.75. The molecule has 1 aliphatic heterocycles. The van der Waals surface area contributed by atoms with Crippen LogP contribution in [0.4, 0.5) is 4.39 Å². The van der Waals surface area contributed by atoms with Crippen molar-refractivity contribution >= 4 is 5.91 Å². The monoisotopic (exact) mass is 357 g/mol. The van der Waals surface area contributed by atoms with Crippen LogP contribution in [0, 0.1) is 17.7 Å². The first-order valence-corrected chi connectivity index (χ1v) is 9.55. The average molecular weight is 357 g/mol. The quantitative estimate of drug-likeness (QED) is 0.834. The van der Waals surface area contributed by atoms with Gasteiger partial charge in [-0.15, -0.1) is 0 Å². The maximum Gasteiger partial charge on any atom is 0.227 e. The lowest BCUT2D eigenvalue weighted by Gasteiger charge is -2.41. The largest absolute Gasteiger partial charge is 0.342 e. The lowest BCUT2D eigenvalue weighted by Crippen LogP contribution is -2.44. The molecule has 0 bridgehead atoms. The standard InChI is InChI=1S/C20H24FN3O2/c21-17-7-5-15(6-8-17)20-22-18(26-23-20)9-10-19(25)24-12-11-14-3-1-2-4-16(14)13-24/h5-8,14,16H,1-4,9-13H2/t14-,16+/m1/s1. The Labute approximate surface area is 152 Å². The van der Waals surface area contributed by atoms with E-state index in [1.165, 1.54) is 37.8 Å². The van der Waals surface area contributed by atoms with Gasteiger partial charge in [0.1, 0.15) is 5.82 Å². The topological polar surface area (TPSA) is 59.2 Å². The first-order chi connectivity index (χ1) is 12.7. The summed E-state index contributed by atoms with van der Waals surface area (Å²) in [5.74, 6) is 2.26. The Kier molecular flexibility index (Phi) is 5.00. The highest BCUT2D eigenvalue weighted by Crippen LogP contribution is 2.36. The fraction of sp³-hybridized carbons (Fsp3) is 0.550. The number of rotatable bonds is 4. The molecule has 2 aliphatic rings. The van der Waals surface area contributed by atoms with Crippen molar-refractivity contribution in [2.24, 2.45) is 11.8 Å². The summed E-state index contributed by atoms with van der Waals surface area (Å²) < 4.78 is 18.2. The predicted octanol–water partition coefficient (Wildman–Crippen LogP) is 3.85. The van der Waals surface area contributed by atoms with Crippen molar-refractivity contribution in [1.29, 1.82) is 0 Å². The molecule has 0 radical (unpaired) electrons. The minimum absolute atomic E-state index is 0.176. The van der Waals surface area contributed by atoms with Crippen LogP contribution < -0.4 is 0 Å². The van der Waals surface area contributed by atoms with Gasteiger partial charge in [-0.1, -0.05) is 24.4 Å². The zero-order chi connectivity index (χ0) is 17.9. The van der Waals surface area contributed by atoms with E-state index >= 15 is 0 Å². The summed E-state index contributed by atoms with van der Waals surface area (Å²) in [5, 5.41) is 3.93. The van der Waals surface area contributed by atoms with E-state index < -0.39 is 0 Å². The van der Waals surface area contributed by atoms with Gasteiger partial charge < -0.3 is 9.42 Å². The Morgan fingerprint density at radius 2 is 1.92 bits per heavy atom. The molecule has 26 heavy (non-hydrogen) atoms. The number of likely N-dealkylation sites (tertiary alicyclic amines) is 1. The number of halogens is 1. The fourth-order valence-electron chi connectivity index (χ4n) is 4.27. The Bertz CT molecular complexity index is 759. The maximum absolute atomic E-state index is 13.0. The summed E-state index contributed by atoms with van der Waals surface area (Å²) in [5.41, 5.74) is 0.701. The molecule has 1 amide bonds. The molecule has 1 saturated carbocycles. The van der Waals surface area contributed by atoms with Crippen LogP contribution in [-0.4, -0.2) is 34.0 Å². The summed E-state index contributed by atoms with van der Waals surface area (Å²) in [7, 11) is 0. The van der Waals surface area contributed by atoms with Gasteiger partial charge in [-0.25, -0.2) is 4.39 Å². The van der Waals surface area contributed by atoms with Crippen LogP contribution in [0.25, 0.3) is 11.4 Å². The molecule has 4 rings (SSSR count). The summed E-state index contributed by atoms with van der Waals surface area (Å²) in [6, 6.07) is 5.96. The molecular formula is C20H24FN3O2. The molecule has 2 heterocycles. The third-order valence-electron chi connectivity index (χ3n) is 5.77. The third-order valence-corrected chi connectivity index (χ3v) is 5.77. The van der Waals surface area contributed by atoms with Crippen molar-refractivity contribution in [3.63, 3.8) is 0 Å². The molecule has 2 atom stereocenters. The molecule has 0 spiro atoms. The minimum Gasteiger partial charge on any atom is -0.342 e. The number of fused-ring (bicyclic) bond motifs is 1. The number of aryl methyl sites for hydroxylation is 1. The van der Waals surface area contributed by atoms with E-state index in [1.807, 2.05) is 4.90 Å². The Balaban J connectivity index is 1.31. The van der Waals surface area contributed by atoms with Gasteiger partial charge in [0.15, 0.2) is 0 Å².